The average Bonchev–Trinajstić information content (AvgIpc) is 3.15. The highest BCUT2D eigenvalue weighted by Gasteiger charge is 2.14. The molecule has 3 heterocycles. The van der Waals surface area contributed by atoms with Crippen LogP contribution in [0, 0.1) is 0 Å². The minimum Gasteiger partial charge on any atom is -0.355 e. The number of nitrogens with zero attached hydrogens (tertiary/aromatic N) is 4. The zero-order chi connectivity index (χ0) is 20.1. The lowest BCUT2D eigenvalue weighted by atomic mass is 10.1. The van der Waals surface area contributed by atoms with Gasteiger partial charge in [0.1, 0.15) is 5.82 Å². The average molecular weight is 392 g/mol. The summed E-state index contributed by atoms with van der Waals surface area (Å²) in [6.07, 6.45) is 5.21. The smallest absolute Gasteiger partial charge is 0.251 e. The van der Waals surface area contributed by atoms with Crippen LogP contribution in [0.1, 0.15) is 17.7 Å². The summed E-state index contributed by atoms with van der Waals surface area (Å²) in [5, 5.41) is 7.07. The quantitative estimate of drug-likeness (QED) is 0.657. The van der Waals surface area contributed by atoms with Crippen LogP contribution in [0.5, 0.6) is 0 Å². The SMILES string of the molecule is O=C1CN(Cc2ccc(-c3nc(CCn4cccn4)cc(=O)[nH]3)cc2)CCCN1. The molecule has 0 bridgehead atoms. The van der Waals surface area contributed by atoms with E-state index >= 15 is 0 Å². The number of nitrogens with one attached hydrogen (secondary N) is 2. The van der Waals surface area contributed by atoms with Gasteiger partial charge in [-0.05, 0) is 18.1 Å². The first-order chi connectivity index (χ1) is 14.2. The lowest BCUT2D eigenvalue weighted by Crippen LogP contribution is -2.32. The van der Waals surface area contributed by atoms with Crippen LogP contribution in [-0.2, 0) is 24.3 Å². The lowest BCUT2D eigenvalue weighted by Gasteiger charge is -2.18. The summed E-state index contributed by atoms with van der Waals surface area (Å²) < 4.78 is 1.82. The van der Waals surface area contributed by atoms with Crippen molar-refractivity contribution in [3.63, 3.8) is 0 Å². The number of amides is 1. The van der Waals surface area contributed by atoms with Crippen molar-refractivity contribution in [3.05, 3.63) is 70.4 Å². The number of H-pyrrole nitrogens is 1. The van der Waals surface area contributed by atoms with Gasteiger partial charge in [0.2, 0.25) is 5.91 Å². The standard InChI is InChI=1S/C21H24N6O2/c28-19-13-18(7-12-27-11-2-9-23-27)24-21(25-19)17-5-3-16(4-6-17)14-26-10-1-8-22-20(29)15-26/h2-6,9,11,13H,1,7-8,10,12,14-15H2,(H,22,29)(H,24,25,28). The largest absolute Gasteiger partial charge is 0.355 e. The summed E-state index contributed by atoms with van der Waals surface area (Å²) in [6.45, 7) is 3.46. The van der Waals surface area contributed by atoms with Crippen LogP contribution >= 0.6 is 0 Å². The van der Waals surface area contributed by atoms with Gasteiger partial charge in [-0.3, -0.25) is 19.2 Å². The van der Waals surface area contributed by atoms with E-state index in [1.54, 1.807) is 6.20 Å². The molecule has 0 aliphatic carbocycles. The normalized spacial score (nSPS) is 15.1. The molecule has 0 radical (unpaired) electrons. The Labute approximate surface area is 168 Å². The van der Waals surface area contributed by atoms with Gasteiger partial charge in [0.05, 0.1) is 12.2 Å². The molecule has 0 saturated carbocycles. The molecule has 8 heteroatoms. The van der Waals surface area contributed by atoms with Gasteiger partial charge in [-0.25, -0.2) is 4.98 Å². The second-order valence-electron chi connectivity index (χ2n) is 7.22. The van der Waals surface area contributed by atoms with E-state index in [2.05, 4.69) is 25.3 Å². The Balaban J connectivity index is 1.45. The molecule has 1 aliphatic rings. The van der Waals surface area contributed by atoms with Crippen molar-refractivity contribution in [2.45, 2.75) is 25.9 Å². The van der Waals surface area contributed by atoms with E-state index in [0.29, 0.717) is 25.3 Å². The third-order valence-corrected chi connectivity index (χ3v) is 4.93. The molecular weight excluding hydrogens is 368 g/mol. The molecule has 1 aromatic carbocycles. The van der Waals surface area contributed by atoms with E-state index in [0.717, 1.165) is 42.9 Å². The lowest BCUT2D eigenvalue weighted by molar-refractivity contribution is -0.121. The number of aromatic nitrogens is 4. The maximum Gasteiger partial charge on any atom is 0.251 e. The van der Waals surface area contributed by atoms with Crippen LogP contribution in [0.2, 0.25) is 0 Å². The van der Waals surface area contributed by atoms with Gasteiger partial charge in [0.15, 0.2) is 0 Å². The molecular formula is C21H24N6O2. The van der Waals surface area contributed by atoms with Crippen LogP contribution in [0.15, 0.2) is 53.6 Å². The topological polar surface area (TPSA) is 95.9 Å². The third-order valence-electron chi connectivity index (χ3n) is 4.93. The molecule has 4 rings (SSSR count). The number of carbonyl (C=O) groups excluding carboxylic acids is 1. The second kappa shape index (κ2) is 8.83. The molecule has 0 spiro atoms. The summed E-state index contributed by atoms with van der Waals surface area (Å²) in [5.74, 6) is 0.640. The first-order valence-corrected chi connectivity index (χ1v) is 9.82. The molecule has 2 N–H and O–H groups in total. The van der Waals surface area contributed by atoms with Crippen LogP contribution in [0.4, 0.5) is 0 Å². The Morgan fingerprint density at radius 3 is 2.79 bits per heavy atom. The zero-order valence-corrected chi connectivity index (χ0v) is 16.2. The predicted octanol–water partition coefficient (Wildman–Crippen LogP) is 1.20. The number of aryl methyl sites for hydroxylation is 2. The number of hydrogen-bond donors (Lipinski definition) is 2. The van der Waals surface area contributed by atoms with Crippen molar-refractivity contribution in [3.8, 4) is 11.4 Å². The summed E-state index contributed by atoms with van der Waals surface area (Å²) in [5.41, 5.74) is 2.56. The molecule has 150 valence electrons. The number of rotatable bonds is 6. The zero-order valence-electron chi connectivity index (χ0n) is 16.2. The second-order valence-corrected chi connectivity index (χ2v) is 7.22. The third kappa shape index (κ3) is 5.17. The molecule has 2 aromatic heterocycles. The van der Waals surface area contributed by atoms with Crippen LogP contribution < -0.4 is 10.9 Å². The van der Waals surface area contributed by atoms with E-state index in [1.165, 1.54) is 6.07 Å². The van der Waals surface area contributed by atoms with Crippen LogP contribution in [-0.4, -0.2) is 50.2 Å². The number of benzene rings is 1. The molecule has 1 fully saturated rings. The van der Waals surface area contributed by atoms with Gasteiger partial charge < -0.3 is 10.3 Å². The highest BCUT2D eigenvalue weighted by atomic mass is 16.2. The molecule has 1 amide bonds. The number of aromatic amines is 1. The van der Waals surface area contributed by atoms with E-state index in [9.17, 15) is 9.59 Å². The van der Waals surface area contributed by atoms with E-state index < -0.39 is 0 Å². The Bertz CT molecular complexity index is 1010. The van der Waals surface area contributed by atoms with Gasteiger partial charge in [0, 0.05) is 56.6 Å². The van der Waals surface area contributed by atoms with Gasteiger partial charge in [-0.1, -0.05) is 24.3 Å². The fraction of sp³-hybridized carbons (Fsp3) is 0.333. The monoisotopic (exact) mass is 392 g/mol. The van der Waals surface area contributed by atoms with Crippen molar-refractivity contribution in [2.75, 3.05) is 19.6 Å². The maximum absolute atomic E-state index is 12.1. The molecule has 0 unspecified atom stereocenters. The summed E-state index contributed by atoms with van der Waals surface area (Å²) in [6, 6.07) is 11.4. The molecule has 0 atom stereocenters. The van der Waals surface area contributed by atoms with Gasteiger partial charge in [-0.15, -0.1) is 0 Å². The van der Waals surface area contributed by atoms with Crippen LogP contribution in [0.25, 0.3) is 11.4 Å². The molecule has 3 aromatic rings. The minimum atomic E-state index is -0.162. The number of carbonyl (C=O) groups is 1. The van der Waals surface area contributed by atoms with E-state index in [1.807, 2.05) is 41.2 Å². The molecule has 29 heavy (non-hydrogen) atoms. The predicted molar refractivity (Wildman–Crippen MR) is 109 cm³/mol. The fourth-order valence-electron chi connectivity index (χ4n) is 3.46. The molecule has 1 aliphatic heterocycles. The van der Waals surface area contributed by atoms with E-state index in [-0.39, 0.29) is 11.5 Å². The van der Waals surface area contributed by atoms with Crippen molar-refractivity contribution in [2.24, 2.45) is 0 Å². The summed E-state index contributed by atoms with van der Waals surface area (Å²) in [7, 11) is 0. The van der Waals surface area contributed by atoms with Crippen molar-refractivity contribution < 1.29 is 4.79 Å². The summed E-state index contributed by atoms with van der Waals surface area (Å²) in [4.78, 5) is 33.4. The number of hydrogen-bond acceptors (Lipinski definition) is 5. The minimum absolute atomic E-state index is 0.0767. The highest BCUT2D eigenvalue weighted by Crippen LogP contribution is 2.16. The molecule has 1 saturated heterocycles. The fourth-order valence-corrected chi connectivity index (χ4v) is 3.46. The first kappa shape index (κ1) is 19.1. The van der Waals surface area contributed by atoms with Crippen molar-refractivity contribution >= 4 is 5.91 Å². The van der Waals surface area contributed by atoms with Crippen molar-refractivity contribution in [1.82, 2.24) is 30.0 Å². The summed E-state index contributed by atoms with van der Waals surface area (Å²) >= 11 is 0. The highest BCUT2D eigenvalue weighted by molar-refractivity contribution is 5.78. The Kier molecular flexibility index (Phi) is 5.81. The maximum atomic E-state index is 12.1. The molecule has 8 nitrogen and oxygen atoms in total. The Hall–Kier alpha value is -3.26. The van der Waals surface area contributed by atoms with Gasteiger partial charge >= 0.3 is 0 Å². The van der Waals surface area contributed by atoms with Crippen LogP contribution in [0.3, 0.4) is 0 Å². The van der Waals surface area contributed by atoms with Gasteiger partial charge in [-0.2, -0.15) is 5.10 Å². The van der Waals surface area contributed by atoms with E-state index in [4.69, 9.17) is 0 Å². The Morgan fingerprint density at radius 2 is 2.00 bits per heavy atom. The van der Waals surface area contributed by atoms with Gasteiger partial charge in [0.25, 0.3) is 5.56 Å². The van der Waals surface area contributed by atoms with Crippen molar-refractivity contribution in [1.29, 1.82) is 0 Å². The Morgan fingerprint density at radius 1 is 1.14 bits per heavy atom. The first-order valence-electron chi connectivity index (χ1n) is 9.82.